The minimum atomic E-state index is 1.31. The van der Waals surface area contributed by atoms with E-state index >= 15 is 0 Å². The molecule has 0 bridgehead atoms. The van der Waals surface area contributed by atoms with Crippen LogP contribution in [0.2, 0.25) is 0 Å². The highest BCUT2D eigenvalue weighted by Gasteiger charge is 1.70. The number of ether oxygens (including phenoxy) is 1. The zero-order valence-electron chi connectivity index (χ0n) is 3.61. The molecule has 0 amide bonds. The van der Waals surface area contributed by atoms with Crippen molar-refractivity contribution in [1.82, 2.24) is 0 Å². The predicted molar refractivity (Wildman–Crippen MR) is 27.2 cm³/mol. The van der Waals surface area contributed by atoms with Gasteiger partial charge in [0.15, 0.2) is 6.40 Å². The minimum Gasteiger partial charge on any atom is -0.452 e. The number of aliphatic imine (C=N–C) groups is 2. The van der Waals surface area contributed by atoms with Gasteiger partial charge in [0.1, 0.15) is 12.6 Å². The van der Waals surface area contributed by atoms with Crippen LogP contribution >= 0.6 is 0 Å². The SMILES string of the molecule is C1=COC=NC=N1. The summed E-state index contributed by atoms with van der Waals surface area (Å²) in [6, 6.07) is 0. The summed E-state index contributed by atoms with van der Waals surface area (Å²) in [4.78, 5) is 7.21. The van der Waals surface area contributed by atoms with Crippen LogP contribution < -0.4 is 0 Å². The summed E-state index contributed by atoms with van der Waals surface area (Å²) in [7, 11) is 0. The highest BCUT2D eigenvalue weighted by atomic mass is 16.5. The molecule has 3 nitrogen and oxygen atoms in total. The van der Waals surface area contributed by atoms with Gasteiger partial charge in [-0.25, -0.2) is 9.98 Å². The van der Waals surface area contributed by atoms with Crippen molar-refractivity contribution in [3.05, 3.63) is 12.5 Å². The molecule has 1 aliphatic heterocycles. The summed E-state index contributed by atoms with van der Waals surface area (Å²) < 4.78 is 4.60. The number of hydrogen-bond acceptors (Lipinski definition) is 3. The third-order valence-corrected chi connectivity index (χ3v) is 0.481. The Balaban J connectivity index is 2.60. The van der Waals surface area contributed by atoms with Gasteiger partial charge < -0.3 is 4.74 Å². The molecular formula is C4H4N2O. The molecule has 0 atom stereocenters. The molecule has 1 rings (SSSR count). The Morgan fingerprint density at radius 1 is 1.29 bits per heavy atom. The summed E-state index contributed by atoms with van der Waals surface area (Å²) in [6.07, 6.45) is 5.69. The molecule has 0 spiro atoms. The van der Waals surface area contributed by atoms with E-state index in [0.717, 1.165) is 0 Å². The van der Waals surface area contributed by atoms with Crippen molar-refractivity contribution in [1.29, 1.82) is 0 Å². The monoisotopic (exact) mass is 96.0 g/mol. The minimum absolute atomic E-state index is 1.31. The number of rotatable bonds is 0. The van der Waals surface area contributed by atoms with Gasteiger partial charge in [-0.05, 0) is 0 Å². The summed E-state index contributed by atoms with van der Waals surface area (Å²) in [6.45, 7) is 0. The molecule has 0 unspecified atom stereocenters. The van der Waals surface area contributed by atoms with Crippen LogP contribution in [0.15, 0.2) is 22.4 Å². The molecule has 0 radical (unpaired) electrons. The summed E-state index contributed by atoms with van der Waals surface area (Å²) in [5.74, 6) is 0. The van der Waals surface area contributed by atoms with Gasteiger partial charge in [0.25, 0.3) is 0 Å². The summed E-state index contributed by atoms with van der Waals surface area (Å²) >= 11 is 0. The zero-order chi connectivity index (χ0) is 4.95. The molecule has 0 aromatic heterocycles. The lowest BCUT2D eigenvalue weighted by molar-refractivity contribution is 0.495. The Kier molecular flexibility index (Phi) is 1.23. The lowest BCUT2D eigenvalue weighted by atomic mass is 11.0. The first kappa shape index (κ1) is 4.05. The zero-order valence-corrected chi connectivity index (χ0v) is 3.61. The van der Waals surface area contributed by atoms with E-state index in [4.69, 9.17) is 0 Å². The fraction of sp³-hybridized carbons (Fsp3) is 0. The topological polar surface area (TPSA) is 34.0 Å². The van der Waals surface area contributed by atoms with Crippen LogP contribution in [-0.2, 0) is 4.74 Å². The van der Waals surface area contributed by atoms with Crippen molar-refractivity contribution < 1.29 is 4.74 Å². The maximum absolute atomic E-state index is 4.60. The lowest BCUT2D eigenvalue weighted by Crippen LogP contribution is -1.70. The molecule has 0 aromatic rings. The van der Waals surface area contributed by atoms with E-state index in [-0.39, 0.29) is 0 Å². The first-order valence-corrected chi connectivity index (χ1v) is 1.84. The Labute approximate surface area is 41.0 Å². The third-order valence-electron chi connectivity index (χ3n) is 0.481. The Morgan fingerprint density at radius 3 is 3.29 bits per heavy atom. The van der Waals surface area contributed by atoms with Gasteiger partial charge >= 0.3 is 0 Å². The van der Waals surface area contributed by atoms with Crippen molar-refractivity contribution in [3.63, 3.8) is 0 Å². The number of nitrogens with zero attached hydrogens (tertiary/aromatic N) is 2. The van der Waals surface area contributed by atoms with Crippen molar-refractivity contribution >= 4 is 12.7 Å². The van der Waals surface area contributed by atoms with E-state index in [0.29, 0.717) is 0 Å². The second-order valence-corrected chi connectivity index (χ2v) is 0.940. The average Bonchev–Trinajstić information content (AvgIpc) is 1.90. The van der Waals surface area contributed by atoms with E-state index in [2.05, 4.69) is 14.7 Å². The third kappa shape index (κ3) is 1.17. The second kappa shape index (κ2) is 2.12. The molecule has 3 heteroatoms. The van der Waals surface area contributed by atoms with Crippen LogP contribution in [0, 0.1) is 0 Å². The highest BCUT2D eigenvalue weighted by molar-refractivity contribution is 5.69. The second-order valence-electron chi connectivity index (χ2n) is 0.940. The molecule has 36 valence electrons. The fourth-order valence-corrected chi connectivity index (χ4v) is 0.245. The van der Waals surface area contributed by atoms with Crippen LogP contribution in [0.3, 0.4) is 0 Å². The van der Waals surface area contributed by atoms with Crippen molar-refractivity contribution in [2.45, 2.75) is 0 Å². The first-order valence-electron chi connectivity index (χ1n) is 1.84. The van der Waals surface area contributed by atoms with Crippen LogP contribution in [-0.4, -0.2) is 12.7 Å². The highest BCUT2D eigenvalue weighted by Crippen LogP contribution is 1.79. The molecule has 0 saturated carbocycles. The van der Waals surface area contributed by atoms with Crippen molar-refractivity contribution in [2.24, 2.45) is 9.98 Å². The molecule has 0 fully saturated rings. The Hall–Kier alpha value is -1.12. The van der Waals surface area contributed by atoms with E-state index in [9.17, 15) is 0 Å². The van der Waals surface area contributed by atoms with Gasteiger partial charge in [0, 0.05) is 0 Å². The Bertz CT molecular complexity index is 112. The average molecular weight is 96.1 g/mol. The van der Waals surface area contributed by atoms with Gasteiger partial charge in [-0.3, -0.25) is 0 Å². The van der Waals surface area contributed by atoms with E-state index < -0.39 is 0 Å². The molecular weight excluding hydrogens is 92.1 g/mol. The van der Waals surface area contributed by atoms with E-state index in [1.165, 1.54) is 25.2 Å². The van der Waals surface area contributed by atoms with Gasteiger partial charge in [0.05, 0.1) is 6.20 Å². The molecule has 0 aliphatic carbocycles. The quantitative estimate of drug-likeness (QED) is 0.433. The molecule has 0 saturated heterocycles. The first-order chi connectivity index (χ1) is 3.50. The van der Waals surface area contributed by atoms with E-state index in [1.807, 2.05) is 0 Å². The van der Waals surface area contributed by atoms with Gasteiger partial charge in [-0.2, -0.15) is 0 Å². The molecule has 0 N–H and O–H groups in total. The fourth-order valence-electron chi connectivity index (χ4n) is 0.245. The van der Waals surface area contributed by atoms with Crippen molar-refractivity contribution in [3.8, 4) is 0 Å². The van der Waals surface area contributed by atoms with Gasteiger partial charge in [-0.15, -0.1) is 0 Å². The van der Waals surface area contributed by atoms with Crippen LogP contribution in [0.4, 0.5) is 0 Å². The molecule has 1 heterocycles. The standard InChI is InChI=1S/C4H4N2O/c1-2-7-4-6-3-5-1/h1-4H. The molecule has 1 aliphatic rings. The van der Waals surface area contributed by atoms with E-state index in [1.54, 1.807) is 0 Å². The van der Waals surface area contributed by atoms with Gasteiger partial charge in [-0.1, -0.05) is 0 Å². The van der Waals surface area contributed by atoms with Crippen molar-refractivity contribution in [2.75, 3.05) is 0 Å². The molecule has 7 heavy (non-hydrogen) atoms. The summed E-state index contributed by atoms with van der Waals surface area (Å²) in [5, 5.41) is 0. The maximum atomic E-state index is 4.60. The maximum Gasteiger partial charge on any atom is 0.181 e. The largest absolute Gasteiger partial charge is 0.452 e. The number of hydrogen-bond donors (Lipinski definition) is 0. The van der Waals surface area contributed by atoms with Crippen LogP contribution in [0.1, 0.15) is 0 Å². The summed E-state index contributed by atoms with van der Waals surface area (Å²) in [5.41, 5.74) is 0. The smallest absolute Gasteiger partial charge is 0.181 e. The molecule has 0 aromatic carbocycles. The van der Waals surface area contributed by atoms with Crippen LogP contribution in [0.5, 0.6) is 0 Å². The normalized spacial score (nSPS) is 16.0. The lowest BCUT2D eigenvalue weighted by Gasteiger charge is -1.77. The Morgan fingerprint density at radius 2 is 2.29 bits per heavy atom. The van der Waals surface area contributed by atoms with Gasteiger partial charge in [0.2, 0.25) is 0 Å². The predicted octanol–water partition coefficient (Wildman–Crippen LogP) is 0.544. The van der Waals surface area contributed by atoms with Crippen LogP contribution in [0.25, 0.3) is 0 Å².